The zero-order valence-corrected chi connectivity index (χ0v) is 18.5. The lowest BCUT2D eigenvalue weighted by atomic mass is 10.1. The van der Waals surface area contributed by atoms with Gasteiger partial charge in [0.05, 0.1) is 43.3 Å². The highest BCUT2D eigenvalue weighted by Crippen LogP contribution is 2.28. The molecule has 2 aromatic heterocycles. The summed E-state index contributed by atoms with van der Waals surface area (Å²) in [4.78, 5) is 13.8. The Labute approximate surface area is 186 Å². The SMILES string of the molecule is Cn1nc(CCN2CCOCC2)c2ccc(-c3cc(Cl)nc(N4CCOCC4)n3)cc21. The molecule has 5 rings (SSSR count). The number of nitrogens with zero attached hydrogens (tertiary/aromatic N) is 6. The Balaban J connectivity index is 1.41. The second-order valence-corrected chi connectivity index (χ2v) is 8.37. The van der Waals surface area contributed by atoms with Gasteiger partial charge >= 0.3 is 0 Å². The van der Waals surface area contributed by atoms with Crippen LogP contribution in [-0.4, -0.2) is 83.8 Å². The van der Waals surface area contributed by atoms with E-state index in [1.54, 1.807) is 0 Å². The molecule has 0 unspecified atom stereocenters. The van der Waals surface area contributed by atoms with Crippen LogP contribution in [-0.2, 0) is 22.9 Å². The first-order chi connectivity index (χ1) is 15.2. The molecule has 0 atom stereocenters. The molecule has 2 saturated heterocycles. The average Bonchev–Trinajstić information content (AvgIpc) is 3.13. The summed E-state index contributed by atoms with van der Waals surface area (Å²) in [6.45, 7) is 7.53. The van der Waals surface area contributed by atoms with Crippen LogP contribution in [0.15, 0.2) is 24.3 Å². The highest BCUT2D eigenvalue weighted by Gasteiger charge is 2.18. The van der Waals surface area contributed by atoms with Gasteiger partial charge in [-0.1, -0.05) is 23.7 Å². The minimum atomic E-state index is 0.447. The standard InChI is InChI=1S/C22H27ClN6O2/c1-27-20-14-16(19-15-21(23)25-22(24-19)29-8-12-31-13-9-29)2-3-17(20)18(26-27)4-5-28-6-10-30-11-7-28/h2-3,14-15H,4-13H2,1H3. The van der Waals surface area contributed by atoms with Crippen molar-refractivity contribution in [3.8, 4) is 11.3 Å². The van der Waals surface area contributed by atoms with E-state index in [2.05, 4.69) is 33.0 Å². The number of benzene rings is 1. The van der Waals surface area contributed by atoms with Gasteiger partial charge in [0.15, 0.2) is 0 Å². The lowest BCUT2D eigenvalue weighted by Gasteiger charge is -2.27. The second-order valence-electron chi connectivity index (χ2n) is 7.98. The van der Waals surface area contributed by atoms with Crippen LogP contribution in [0.1, 0.15) is 5.69 Å². The Hall–Kier alpha value is -2.26. The highest BCUT2D eigenvalue weighted by molar-refractivity contribution is 6.29. The van der Waals surface area contributed by atoms with Gasteiger partial charge in [-0.2, -0.15) is 5.10 Å². The molecule has 3 aromatic rings. The number of aryl methyl sites for hydroxylation is 1. The fourth-order valence-electron chi connectivity index (χ4n) is 4.22. The van der Waals surface area contributed by atoms with E-state index in [9.17, 15) is 0 Å². The Morgan fingerprint density at radius 2 is 1.71 bits per heavy atom. The molecule has 164 valence electrons. The van der Waals surface area contributed by atoms with Crippen LogP contribution in [0.25, 0.3) is 22.2 Å². The van der Waals surface area contributed by atoms with Crippen LogP contribution in [0.5, 0.6) is 0 Å². The van der Waals surface area contributed by atoms with Crippen LogP contribution in [0.4, 0.5) is 5.95 Å². The van der Waals surface area contributed by atoms with E-state index in [0.29, 0.717) is 24.3 Å². The smallest absolute Gasteiger partial charge is 0.227 e. The minimum Gasteiger partial charge on any atom is -0.379 e. The summed E-state index contributed by atoms with van der Waals surface area (Å²) >= 11 is 6.35. The summed E-state index contributed by atoms with van der Waals surface area (Å²) in [5, 5.41) is 6.43. The summed E-state index contributed by atoms with van der Waals surface area (Å²) in [5.41, 5.74) is 4.05. The molecule has 0 bridgehead atoms. The van der Waals surface area contributed by atoms with E-state index < -0.39 is 0 Å². The van der Waals surface area contributed by atoms with Crippen molar-refractivity contribution in [2.24, 2.45) is 7.05 Å². The molecule has 0 saturated carbocycles. The normalized spacial score (nSPS) is 18.1. The van der Waals surface area contributed by atoms with Gasteiger partial charge in [-0.3, -0.25) is 9.58 Å². The third-order valence-corrected chi connectivity index (χ3v) is 6.16. The Bertz CT molecular complexity index is 1060. The third-order valence-electron chi connectivity index (χ3n) is 5.97. The van der Waals surface area contributed by atoms with Crippen molar-refractivity contribution in [1.29, 1.82) is 0 Å². The van der Waals surface area contributed by atoms with Gasteiger partial charge < -0.3 is 14.4 Å². The van der Waals surface area contributed by atoms with Crippen molar-refractivity contribution in [2.75, 3.05) is 64.1 Å². The number of aromatic nitrogens is 4. The molecule has 0 aliphatic carbocycles. The van der Waals surface area contributed by atoms with Crippen molar-refractivity contribution >= 4 is 28.5 Å². The van der Waals surface area contributed by atoms with Crippen molar-refractivity contribution in [3.05, 3.63) is 35.1 Å². The van der Waals surface area contributed by atoms with Crippen LogP contribution >= 0.6 is 11.6 Å². The fraction of sp³-hybridized carbons (Fsp3) is 0.500. The number of hydrogen-bond donors (Lipinski definition) is 0. The molecule has 0 amide bonds. The molecule has 31 heavy (non-hydrogen) atoms. The quantitative estimate of drug-likeness (QED) is 0.562. The van der Waals surface area contributed by atoms with Crippen molar-refractivity contribution in [2.45, 2.75) is 6.42 Å². The maximum Gasteiger partial charge on any atom is 0.227 e. The first-order valence-corrected chi connectivity index (χ1v) is 11.2. The third kappa shape index (κ3) is 4.52. The molecule has 9 heteroatoms. The molecule has 2 aliphatic heterocycles. The number of rotatable bonds is 5. The van der Waals surface area contributed by atoms with Gasteiger partial charge in [-0.15, -0.1) is 0 Å². The van der Waals surface area contributed by atoms with E-state index in [1.165, 1.54) is 5.39 Å². The topological polar surface area (TPSA) is 68.5 Å². The van der Waals surface area contributed by atoms with Gasteiger partial charge in [-0.25, -0.2) is 9.97 Å². The van der Waals surface area contributed by atoms with Gasteiger partial charge in [0.25, 0.3) is 0 Å². The zero-order valence-electron chi connectivity index (χ0n) is 17.8. The number of anilines is 1. The van der Waals surface area contributed by atoms with E-state index >= 15 is 0 Å². The Morgan fingerprint density at radius 1 is 0.968 bits per heavy atom. The van der Waals surface area contributed by atoms with Gasteiger partial charge in [0.1, 0.15) is 5.15 Å². The molecule has 1 aromatic carbocycles. The molecule has 8 nitrogen and oxygen atoms in total. The van der Waals surface area contributed by atoms with Crippen LogP contribution in [0.3, 0.4) is 0 Å². The van der Waals surface area contributed by atoms with Crippen molar-refractivity contribution in [1.82, 2.24) is 24.6 Å². The van der Waals surface area contributed by atoms with E-state index in [-0.39, 0.29) is 0 Å². The fourth-order valence-corrected chi connectivity index (χ4v) is 4.40. The lowest BCUT2D eigenvalue weighted by Crippen LogP contribution is -2.37. The Kier molecular flexibility index (Phi) is 6.04. The number of hydrogen-bond acceptors (Lipinski definition) is 7. The van der Waals surface area contributed by atoms with Gasteiger partial charge in [-0.05, 0) is 6.07 Å². The van der Waals surface area contributed by atoms with Crippen LogP contribution in [0.2, 0.25) is 5.15 Å². The second kappa shape index (κ2) is 9.08. The van der Waals surface area contributed by atoms with Gasteiger partial charge in [0, 0.05) is 63.2 Å². The maximum absolute atomic E-state index is 6.35. The number of halogens is 1. The Morgan fingerprint density at radius 3 is 2.48 bits per heavy atom. The van der Waals surface area contributed by atoms with Crippen LogP contribution in [0, 0.1) is 0 Å². The lowest BCUT2D eigenvalue weighted by molar-refractivity contribution is 0.0383. The van der Waals surface area contributed by atoms with Crippen molar-refractivity contribution < 1.29 is 9.47 Å². The maximum atomic E-state index is 6.35. The van der Waals surface area contributed by atoms with Gasteiger partial charge in [0.2, 0.25) is 5.95 Å². The molecule has 4 heterocycles. The predicted octanol–water partition coefficient (Wildman–Crippen LogP) is 2.40. The highest BCUT2D eigenvalue weighted by atomic mass is 35.5. The minimum absolute atomic E-state index is 0.447. The zero-order chi connectivity index (χ0) is 21.2. The summed E-state index contributed by atoms with van der Waals surface area (Å²) in [5.74, 6) is 0.655. The number of morpholine rings is 2. The number of fused-ring (bicyclic) bond motifs is 1. The molecular formula is C22H27ClN6O2. The average molecular weight is 443 g/mol. The van der Waals surface area contributed by atoms with Crippen LogP contribution < -0.4 is 4.90 Å². The first-order valence-electron chi connectivity index (χ1n) is 10.8. The molecular weight excluding hydrogens is 416 g/mol. The van der Waals surface area contributed by atoms with Crippen molar-refractivity contribution in [3.63, 3.8) is 0 Å². The monoisotopic (exact) mass is 442 g/mol. The van der Waals surface area contributed by atoms with E-state index in [0.717, 1.165) is 74.8 Å². The summed E-state index contributed by atoms with van der Waals surface area (Å²) in [6.07, 6.45) is 0.928. The van der Waals surface area contributed by atoms with E-state index in [1.807, 2.05) is 17.8 Å². The summed E-state index contributed by atoms with van der Waals surface area (Å²) < 4.78 is 12.8. The molecule has 0 N–H and O–H groups in total. The molecule has 0 spiro atoms. The first kappa shape index (κ1) is 20.6. The molecule has 2 fully saturated rings. The predicted molar refractivity (Wildman–Crippen MR) is 121 cm³/mol. The number of ether oxygens (including phenoxy) is 2. The molecule has 2 aliphatic rings. The largest absolute Gasteiger partial charge is 0.379 e. The molecule has 0 radical (unpaired) electrons. The summed E-state index contributed by atoms with van der Waals surface area (Å²) in [6, 6.07) is 8.21. The summed E-state index contributed by atoms with van der Waals surface area (Å²) in [7, 11) is 2.00. The van der Waals surface area contributed by atoms with E-state index in [4.69, 9.17) is 31.2 Å².